The molecule has 0 radical (unpaired) electrons. The molecule has 2 N–H and O–H groups in total. The van der Waals surface area contributed by atoms with Crippen molar-refractivity contribution < 1.29 is 15.0 Å². The van der Waals surface area contributed by atoms with E-state index >= 15 is 0 Å². The number of carbonyl (C=O) groups is 1. The van der Waals surface area contributed by atoms with Crippen LogP contribution in [0.1, 0.15) is 75.3 Å². The van der Waals surface area contributed by atoms with Gasteiger partial charge in [0.05, 0.1) is 17.3 Å². The summed E-state index contributed by atoms with van der Waals surface area (Å²) in [4.78, 5) is 16.0. The van der Waals surface area contributed by atoms with E-state index in [2.05, 4.69) is 11.9 Å². The molecule has 23 heavy (non-hydrogen) atoms. The molecule has 1 rings (SSSR count). The summed E-state index contributed by atoms with van der Waals surface area (Å²) in [6.45, 7) is 2.16. The lowest BCUT2D eigenvalue weighted by Gasteiger charge is -2.04. The summed E-state index contributed by atoms with van der Waals surface area (Å²) >= 11 is 1.61. The first-order chi connectivity index (χ1) is 11.1. The lowest BCUT2D eigenvalue weighted by atomic mass is 10.1. The molecular weight excluding hydrogens is 310 g/mol. The molecule has 1 aromatic heterocycles. The van der Waals surface area contributed by atoms with Gasteiger partial charge in [-0.15, -0.1) is 11.3 Å². The number of aliphatic hydroxyl groups excluding tert-OH is 1. The van der Waals surface area contributed by atoms with E-state index in [1.54, 1.807) is 11.3 Å². The van der Waals surface area contributed by atoms with Crippen molar-refractivity contribution in [3.8, 4) is 0 Å². The highest BCUT2D eigenvalue weighted by Gasteiger charge is 2.05. The smallest absolute Gasteiger partial charge is 0.303 e. The van der Waals surface area contributed by atoms with Gasteiger partial charge < -0.3 is 10.2 Å². The number of hydrogen-bond donors (Lipinski definition) is 2. The van der Waals surface area contributed by atoms with E-state index in [0.29, 0.717) is 0 Å². The van der Waals surface area contributed by atoms with Crippen molar-refractivity contribution in [3.05, 3.63) is 22.2 Å². The average Bonchev–Trinajstić information content (AvgIpc) is 2.96. The molecule has 0 aliphatic heterocycles. The van der Waals surface area contributed by atoms with Gasteiger partial charge in [0.25, 0.3) is 0 Å². The number of nitrogens with zero attached hydrogens (tertiary/aromatic N) is 1. The minimum absolute atomic E-state index is 0.264. The fraction of sp³-hybridized carbons (Fsp3) is 0.667. The predicted octanol–water partition coefficient (Wildman–Crippen LogP) is 4.68. The van der Waals surface area contributed by atoms with Crippen LogP contribution in [0.15, 0.2) is 11.6 Å². The zero-order valence-electron chi connectivity index (χ0n) is 14.0. The molecule has 1 heterocycles. The number of carboxylic acids is 1. The first-order valence-corrected chi connectivity index (χ1v) is 9.52. The first kappa shape index (κ1) is 19.8. The second-order valence-corrected chi connectivity index (χ2v) is 6.78. The molecule has 1 unspecified atom stereocenters. The van der Waals surface area contributed by atoms with Crippen molar-refractivity contribution >= 4 is 23.4 Å². The fourth-order valence-electron chi connectivity index (χ4n) is 2.42. The number of rotatable bonds is 13. The molecule has 0 fully saturated rings. The summed E-state index contributed by atoms with van der Waals surface area (Å²) in [6.07, 6.45) is 12.7. The van der Waals surface area contributed by atoms with Gasteiger partial charge in [0.15, 0.2) is 0 Å². The van der Waals surface area contributed by atoms with Gasteiger partial charge in [0.1, 0.15) is 0 Å². The summed E-state index contributed by atoms with van der Waals surface area (Å²) in [5, 5.41) is 18.5. The van der Waals surface area contributed by atoms with Gasteiger partial charge >= 0.3 is 5.97 Å². The Bertz CT molecular complexity index is 471. The van der Waals surface area contributed by atoms with E-state index < -0.39 is 5.97 Å². The molecule has 0 aliphatic rings. The third-order valence-corrected chi connectivity index (χ3v) is 4.64. The Morgan fingerprint density at radius 1 is 1.26 bits per heavy atom. The van der Waals surface area contributed by atoms with Gasteiger partial charge in [-0.25, -0.2) is 4.98 Å². The Balaban J connectivity index is 2.28. The van der Waals surface area contributed by atoms with Crippen LogP contribution in [0.5, 0.6) is 0 Å². The van der Waals surface area contributed by atoms with Crippen molar-refractivity contribution in [1.82, 2.24) is 4.98 Å². The summed E-state index contributed by atoms with van der Waals surface area (Å²) in [5.74, 6) is -0.714. The van der Waals surface area contributed by atoms with Crippen LogP contribution in [-0.2, 0) is 11.2 Å². The molecule has 1 aromatic rings. The van der Waals surface area contributed by atoms with Crippen LogP contribution in [0.2, 0.25) is 0 Å². The van der Waals surface area contributed by atoms with E-state index in [0.717, 1.165) is 55.5 Å². The molecular formula is C18H29NO3S. The van der Waals surface area contributed by atoms with Gasteiger partial charge in [-0.1, -0.05) is 45.1 Å². The molecule has 0 aliphatic carbocycles. The number of carboxylic acid groups (broad SMARTS) is 1. The van der Waals surface area contributed by atoms with Crippen LogP contribution in [0.25, 0.3) is 6.08 Å². The van der Waals surface area contributed by atoms with Gasteiger partial charge in [0.2, 0.25) is 0 Å². The molecule has 0 bridgehead atoms. The highest BCUT2D eigenvalue weighted by Crippen LogP contribution is 2.19. The third-order valence-electron chi connectivity index (χ3n) is 3.80. The fourth-order valence-corrected chi connectivity index (χ4v) is 3.16. The summed E-state index contributed by atoms with van der Waals surface area (Å²) in [6, 6.07) is 0. The number of aromatic nitrogens is 1. The van der Waals surface area contributed by atoms with Gasteiger partial charge in [0, 0.05) is 11.3 Å². The molecule has 1 atom stereocenters. The quantitative estimate of drug-likeness (QED) is 0.512. The van der Waals surface area contributed by atoms with Crippen molar-refractivity contribution in [2.75, 3.05) is 0 Å². The Labute approximate surface area is 143 Å². The highest BCUT2D eigenvalue weighted by atomic mass is 32.1. The maximum atomic E-state index is 10.4. The summed E-state index contributed by atoms with van der Waals surface area (Å²) in [7, 11) is 0. The monoisotopic (exact) mass is 339 g/mol. The average molecular weight is 340 g/mol. The maximum Gasteiger partial charge on any atom is 0.303 e. The topological polar surface area (TPSA) is 70.4 Å². The second-order valence-electron chi connectivity index (χ2n) is 5.89. The standard InChI is InChI=1S/C18H29NO3S/c1-2-3-6-9-15(20)12-13-17-16(19-14-23-17)10-7-4-5-8-11-18(21)22/h12-15,20H,2-11H2,1H3,(H,21,22)/b13-12+. The second kappa shape index (κ2) is 12.3. The zero-order valence-corrected chi connectivity index (χ0v) is 14.9. The Morgan fingerprint density at radius 3 is 2.78 bits per heavy atom. The molecule has 0 amide bonds. The van der Waals surface area contributed by atoms with Crippen LogP contribution >= 0.6 is 11.3 Å². The zero-order chi connectivity index (χ0) is 16.9. The maximum absolute atomic E-state index is 10.4. The van der Waals surface area contributed by atoms with Crippen LogP contribution in [0.4, 0.5) is 0 Å². The summed E-state index contributed by atoms with van der Waals surface area (Å²) < 4.78 is 0. The molecule has 130 valence electrons. The number of aryl methyl sites for hydroxylation is 1. The van der Waals surface area contributed by atoms with Crippen molar-refractivity contribution in [2.24, 2.45) is 0 Å². The van der Waals surface area contributed by atoms with Crippen molar-refractivity contribution in [2.45, 2.75) is 77.2 Å². The first-order valence-electron chi connectivity index (χ1n) is 8.64. The number of hydrogen-bond acceptors (Lipinski definition) is 4. The van der Waals surface area contributed by atoms with Crippen LogP contribution in [0.3, 0.4) is 0 Å². The molecule has 0 aromatic carbocycles. The van der Waals surface area contributed by atoms with Gasteiger partial charge in [-0.2, -0.15) is 0 Å². The Morgan fingerprint density at radius 2 is 2.04 bits per heavy atom. The van der Waals surface area contributed by atoms with Gasteiger partial charge in [-0.05, 0) is 31.8 Å². The van der Waals surface area contributed by atoms with E-state index in [1.807, 2.05) is 17.7 Å². The van der Waals surface area contributed by atoms with Crippen LogP contribution in [-0.4, -0.2) is 27.3 Å². The summed E-state index contributed by atoms with van der Waals surface area (Å²) in [5.41, 5.74) is 2.94. The number of aliphatic hydroxyl groups is 1. The van der Waals surface area contributed by atoms with Crippen molar-refractivity contribution in [1.29, 1.82) is 0 Å². The molecule has 0 saturated heterocycles. The highest BCUT2D eigenvalue weighted by molar-refractivity contribution is 7.10. The lowest BCUT2D eigenvalue weighted by molar-refractivity contribution is -0.137. The van der Waals surface area contributed by atoms with Crippen molar-refractivity contribution in [3.63, 3.8) is 0 Å². The van der Waals surface area contributed by atoms with E-state index in [1.165, 1.54) is 12.8 Å². The predicted molar refractivity (Wildman–Crippen MR) is 95.7 cm³/mol. The normalized spacial score (nSPS) is 12.8. The van der Waals surface area contributed by atoms with E-state index in [-0.39, 0.29) is 12.5 Å². The van der Waals surface area contributed by atoms with Crippen LogP contribution < -0.4 is 0 Å². The minimum atomic E-state index is -0.714. The Hall–Kier alpha value is -1.20. The molecule has 4 nitrogen and oxygen atoms in total. The molecule has 0 spiro atoms. The van der Waals surface area contributed by atoms with Crippen LogP contribution in [0, 0.1) is 0 Å². The Kier molecular flexibility index (Phi) is 10.6. The lowest BCUT2D eigenvalue weighted by Crippen LogP contribution is -2.01. The largest absolute Gasteiger partial charge is 0.481 e. The van der Waals surface area contributed by atoms with Gasteiger partial charge in [-0.3, -0.25) is 4.79 Å². The van der Waals surface area contributed by atoms with E-state index in [9.17, 15) is 9.90 Å². The number of aliphatic carboxylic acids is 1. The van der Waals surface area contributed by atoms with E-state index in [4.69, 9.17) is 5.11 Å². The minimum Gasteiger partial charge on any atom is -0.481 e. The molecule has 5 heteroatoms. The number of unbranched alkanes of at least 4 members (excludes halogenated alkanes) is 5. The molecule has 0 saturated carbocycles. The SMILES string of the molecule is CCCCCC(O)/C=C/c1scnc1CCCCCCC(=O)O. The third kappa shape index (κ3) is 9.51. The number of thiazole rings is 1.